The van der Waals surface area contributed by atoms with Crippen molar-refractivity contribution in [2.75, 3.05) is 11.5 Å². The highest BCUT2D eigenvalue weighted by atomic mass is 32.2. The van der Waals surface area contributed by atoms with E-state index in [2.05, 4.69) is 37.4 Å². The predicted octanol–water partition coefficient (Wildman–Crippen LogP) is 5.02. The van der Waals surface area contributed by atoms with Crippen molar-refractivity contribution in [2.24, 2.45) is 0 Å². The second kappa shape index (κ2) is 8.54. The molecule has 0 aliphatic rings. The van der Waals surface area contributed by atoms with Gasteiger partial charge in [-0.3, -0.25) is 0 Å². The molecule has 0 fully saturated rings. The highest BCUT2D eigenvalue weighted by Gasteiger charge is 2.01. The zero-order chi connectivity index (χ0) is 11.6. The fourth-order valence-electron chi connectivity index (χ4n) is 1.19. The van der Waals surface area contributed by atoms with E-state index in [1.807, 2.05) is 35.7 Å². The van der Waals surface area contributed by atoms with E-state index in [9.17, 15) is 0 Å². The first-order valence-corrected chi connectivity index (χ1v) is 7.42. The van der Waals surface area contributed by atoms with Crippen molar-refractivity contribution in [2.45, 2.75) is 22.6 Å². The summed E-state index contributed by atoms with van der Waals surface area (Å²) in [7, 11) is 0. The molecule has 0 aliphatic heterocycles. The summed E-state index contributed by atoms with van der Waals surface area (Å²) in [5.41, 5.74) is 0. The normalized spacial score (nSPS) is 10.0. The molecule has 1 rings (SSSR count). The van der Waals surface area contributed by atoms with E-state index in [1.165, 1.54) is 9.79 Å². The van der Waals surface area contributed by atoms with E-state index in [0.717, 1.165) is 24.3 Å². The second-order valence-electron chi connectivity index (χ2n) is 3.30. The Morgan fingerprint density at radius 2 is 1.31 bits per heavy atom. The van der Waals surface area contributed by atoms with Crippen molar-refractivity contribution in [1.29, 1.82) is 0 Å². The maximum Gasteiger partial charge on any atom is 0.0208 e. The van der Waals surface area contributed by atoms with Gasteiger partial charge in [0.2, 0.25) is 0 Å². The van der Waals surface area contributed by atoms with E-state index < -0.39 is 0 Å². The molecule has 0 saturated carbocycles. The van der Waals surface area contributed by atoms with Crippen molar-refractivity contribution in [3.05, 3.63) is 49.6 Å². The van der Waals surface area contributed by atoms with Crippen molar-refractivity contribution >= 4 is 23.5 Å². The average molecular weight is 250 g/mol. The molecule has 2 heteroatoms. The summed E-state index contributed by atoms with van der Waals surface area (Å²) in [6.07, 6.45) is 6.08. The summed E-state index contributed by atoms with van der Waals surface area (Å²) >= 11 is 3.82. The molecule has 0 aliphatic carbocycles. The molecule has 0 bridgehead atoms. The average Bonchev–Trinajstić information content (AvgIpc) is 2.32. The largest absolute Gasteiger partial charge is 0.125 e. The first kappa shape index (κ1) is 13.5. The van der Waals surface area contributed by atoms with Crippen LogP contribution in [0.3, 0.4) is 0 Å². The number of benzene rings is 1. The quantitative estimate of drug-likeness (QED) is 0.361. The third kappa shape index (κ3) is 4.95. The van der Waals surface area contributed by atoms with E-state index in [1.54, 1.807) is 0 Å². The van der Waals surface area contributed by atoms with Crippen LogP contribution in [-0.4, -0.2) is 11.5 Å². The van der Waals surface area contributed by atoms with Crippen LogP contribution in [0.25, 0.3) is 0 Å². The molecule has 0 atom stereocenters. The molecule has 0 N–H and O–H groups in total. The molecule has 0 unspecified atom stereocenters. The van der Waals surface area contributed by atoms with Crippen molar-refractivity contribution < 1.29 is 0 Å². The number of hydrogen-bond donors (Lipinski definition) is 0. The van der Waals surface area contributed by atoms with E-state index in [0.29, 0.717) is 0 Å². The number of allylic oxidation sites excluding steroid dienone is 2. The maximum atomic E-state index is 3.75. The lowest BCUT2D eigenvalue weighted by molar-refractivity contribution is 1.19. The lowest BCUT2D eigenvalue weighted by atomic mass is 10.4. The van der Waals surface area contributed by atoms with Gasteiger partial charge in [-0.05, 0) is 25.0 Å². The summed E-state index contributed by atoms with van der Waals surface area (Å²) in [5.74, 6) is 2.23. The van der Waals surface area contributed by atoms with E-state index in [-0.39, 0.29) is 0 Å². The van der Waals surface area contributed by atoms with Crippen LogP contribution in [0.5, 0.6) is 0 Å². The molecule has 0 spiro atoms. The molecule has 0 radical (unpaired) electrons. The van der Waals surface area contributed by atoms with Crippen LogP contribution >= 0.6 is 23.5 Å². The Morgan fingerprint density at radius 3 is 1.69 bits per heavy atom. The van der Waals surface area contributed by atoms with Crippen molar-refractivity contribution in [3.8, 4) is 0 Å². The van der Waals surface area contributed by atoms with Gasteiger partial charge in [0.1, 0.15) is 0 Å². The Kier molecular flexibility index (Phi) is 7.19. The Balaban J connectivity index is 2.52. The molecule has 1 aromatic rings. The highest BCUT2D eigenvalue weighted by molar-refractivity contribution is 8.02. The first-order chi connectivity index (χ1) is 7.88. The molecule has 0 aromatic heterocycles. The van der Waals surface area contributed by atoms with Crippen LogP contribution in [0.2, 0.25) is 0 Å². The van der Waals surface area contributed by atoms with Crippen molar-refractivity contribution in [1.82, 2.24) is 0 Å². The molecule has 0 amide bonds. The third-order valence-electron chi connectivity index (χ3n) is 2.01. The Morgan fingerprint density at radius 1 is 0.875 bits per heavy atom. The number of hydrogen-bond acceptors (Lipinski definition) is 2. The zero-order valence-corrected chi connectivity index (χ0v) is 11.2. The minimum absolute atomic E-state index is 1.07. The fraction of sp³-hybridized carbons (Fsp3) is 0.286. The van der Waals surface area contributed by atoms with Gasteiger partial charge in [0.15, 0.2) is 0 Å². The Labute approximate surface area is 107 Å². The molecule has 0 nitrogen and oxygen atoms in total. The minimum atomic E-state index is 1.07. The molecule has 0 saturated heterocycles. The van der Waals surface area contributed by atoms with Gasteiger partial charge in [-0.1, -0.05) is 24.3 Å². The van der Waals surface area contributed by atoms with Crippen LogP contribution in [0.15, 0.2) is 59.4 Å². The van der Waals surface area contributed by atoms with Crippen molar-refractivity contribution in [3.63, 3.8) is 0 Å². The zero-order valence-electron chi connectivity index (χ0n) is 9.52. The first-order valence-electron chi connectivity index (χ1n) is 5.45. The molecular formula is C14H18S2. The summed E-state index contributed by atoms with van der Waals surface area (Å²) in [6.45, 7) is 7.49. The van der Waals surface area contributed by atoms with Crippen LogP contribution in [-0.2, 0) is 0 Å². The van der Waals surface area contributed by atoms with Crippen LogP contribution < -0.4 is 0 Å². The van der Waals surface area contributed by atoms with Crippen LogP contribution in [0, 0.1) is 0 Å². The van der Waals surface area contributed by atoms with Gasteiger partial charge in [0, 0.05) is 21.3 Å². The van der Waals surface area contributed by atoms with Gasteiger partial charge < -0.3 is 0 Å². The lowest BCUT2D eigenvalue weighted by Gasteiger charge is -2.07. The number of thioether (sulfide) groups is 2. The van der Waals surface area contributed by atoms with Gasteiger partial charge in [0.05, 0.1) is 0 Å². The Hall–Kier alpha value is -0.600. The summed E-state index contributed by atoms with van der Waals surface area (Å²) in [6, 6.07) is 8.61. The molecule has 1 aromatic carbocycles. The molecule has 86 valence electrons. The summed E-state index contributed by atoms with van der Waals surface area (Å²) < 4.78 is 0. The lowest BCUT2D eigenvalue weighted by Crippen LogP contribution is -1.83. The smallest absolute Gasteiger partial charge is 0.0208 e. The van der Waals surface area contributed by atoms with Crippen LogP contribution in [0.1, 0.15) is 12.8 Å². The summed E-state index contributed by atoms with van der Waals surface area (Å²) in [5, 5.41) is 0. The standard InChI is InChI=1S/C14H18S2/c1-3-5-11-15-13-9-7-8-10-14(13)16-12-6-4-2/h3-4,7-10H,1-2,5-6,11-12H2. The van der Waals surface area contributed by atoms with Gasteiger partial charge in [-0.25, -0.2) is 0 Å². The van der Waals surface area contributed by atoms with Crippen LogP contribution in [0.4, 0.5) is 0 Å². The SMILES string of the molecule is C=CCCSc1ccccc1SCCC=C. The summed E-state index contributed by atoms with van der Waals surface area (Å²) in [4.78, 5) is 2.77. The number of rotatable bonds is 8. The van der Waals surface area contributed by atoms with Gasteiger partial charge >= 0.3 is 0 Å². The van der Waals surface area contributed by atoms with Gasteiger partial charge in [0.25, 0.3) is 0 Å². The van der Waals surface area contributed by atoms with Gasteiger partial charge in [-0.15, -0.1) is 36.7 Å². The van der Waals surface area contributed by atoms with E-state index >= 15 is 0 Å². The fourth-order valence-corrected chi connectivity index (χ4v) is 3.33. The maximum absolute atomic E-state index is 3.75. The predicted molar refractivity (Wildman–Crippen MR) is 77.5 cm³/mol. The second-order valence-corrected chi connectivity index (χ2v) is 5.57. The third-order valence-corrected chi connectivity index (χ3v) is 4.35. The minimum Gasteiger partial charge on any atom is -0.125 e. The topological polar surface area (TPSA) is 0 Å². The van der Waals surface area contributed by atoms with E-state index in [4.69, 9.17) is 0 Å². The molecule has 0 heterocycles. The highest BCUT2D eigenvalue weighted by Crippen LogP contribution is 2.31. The monoisotopic (exact) mass is 250 g/mol. The molecular weight excluding hydrogens is 232 g/mol. The molecule has 16 heavy (non-hydrogen) atoms. The Bertz CT molecular complexity index is 298. The van der Waals surface area contributed by atoms with Gasteiger partial charge in [-0.2, -0.15) is 0 Å².